The number of carbonyl (C=O) groups excluding carboxylic acids is 3. The minimum absolute atomic E-state index is 0.0360. The van der Waals surface area contributed by atoms with Gasteiger partial charge in [0.25, 0.3) is 0 Å². The second-order valence-corrected chi connectivity index (χ2v) is 13.0. The molecule has 2 N–H and O–H groups in total. The van der Waals surface area contributed by atoms with Crippen LogP contribution in [0.4, 0.5) is 28.4 Å². The van der Waals surface area contributed by atoms with Gasteiger partial charge in [-0.25, -0.2) is 9.59 Å². The molecular formula is C33H45F3N6O4. The summed E-state index contributed by atoms with van der Waals surface area (Å²) in [6, 6.07) is 7.95. The SMILES string of the molecule is CN(CCN(Cc1ncccc1C(F)(F)F)C(=O)CNc1cccc2c1CCN(C(=O)NC1CCCCC1)C2)C(=O)OC(C)(C)C. The van der Waals surface area contributed by atoms with E-state index in [9.17, 15) is 27.6 Å². The summed E-state index contributed by atoms with van der Waals surface area (Å²) in [4.78, 5) is 47.3. The van der Waals surface area contributed by atoms with E-state index in [2.05, 4.69) is 15.6 Å². The highest BCUT2D eigenvalue weighted by Gasteiger charge is 2.35. The first-order valence-electron chi connectivity index (χ1n) is 15.8. The van der Waals surface area contributed by atoms with Crippen LogP contribution in [-0.2, 0) is 35.2 Å². The molecule has 1 saturated carbocycles. The van der Waals surface area contributed by atoms with E-state index in [0.29, 0.717) is 19.5 Å². The van der Waals surface area contributed by atoms with Crippen LogP contribution in [0.15, 0.2) is 36.5 Å². The van der Waals surface area contributed by atoms with Gasteiger partial charge in [-0.2, -0.15) is 13.2 Å². The number of carbonyl (C=O) groups is 3. The Balaban J connectivity index is 1.44. The number of hydrogen-bond acceptors (Lipinski definition) is 6. The number of benzene rings is 1. The van der Waals surface area contributed by atoms with Gasteiger partial charge in [0, 0.05) is 51.2 Å². The van der Waals surface area contributed by atoms with Gasteiger partial charge in [0.05, 0.1) is 24.3 Å². The number of ether oxygens (including phenoxy) is 1. The zero-order chi connectivity index (χ0) is 33.5. The van der Waals surface area contributed by atoms with Gasteiger partial charge in [0.1, 0.15) is 5.60 Å². The van der Waals surface area contributed by atoms with E-state index in [0.717, 1.165) is 48.6 Å². The van der Waals surface area contributed by atoms with Crippen LogP contribution in [0, 0.1) is 0 Å². The molecule has 0 radical (unpaired) electrons. The van der Waals surface area contributed by atoms with Crippen molar-refractivity contribution in [3.8, 4) is 0 Å². The molecule has 13 heteroatoms. The monoisotopic (exact) mass is 646 g/mol. The van der Waals surface area contributed by atoms with Crippen molar-refractivity contribution in [3.63, 3.8) is 0 Å². The van der Waals surface area contributed by atoms with Gasteiger partial charge < -0.3 is 30.1 Å². The molecule has 2 aromatic rings. The van der Waals surface area contributed by atoms with Crippen LogP contribution >= 0.6 is 0 Å². The van der Waals surface area contributed by atoms with Crippen molar-refractivity contribution in [1.29, 1.82) is 0 Å². The molecule has 252 valence electrons. The Morgan fingerprint density at radius 2 is 1.78 bits per heavy atom. The van der Waals surface area contributed by atoms with Gasteiger partial charge in [-0.1, -0.05) is 31.4 Å². The number of alkyl halides is 3. The molecule has 1 aliphatic carbocycles. The fourth-order valence-electron chi connectivity index (χ4n) is 5.74. The predicted molar refractivity (Wildman–Crippen MR) is 168 cm³/mol. The Labute approximate surface area is 268 Å². The number of hydrogen-bond donors (Lipinski definition) is 2. The molecule has 1 aromatic heterocycles. The van der Waals surface area contributed by atoms with Gasteiger partial charge in [-0.15, -0.1) is 0 Å². The summed E-state index contributed by atoms with van der Waals surface area (Å²) in [6.45, 7) is 5.57. The van der Waals surface area contributed by atoms with Crippen molar-refractivity contribution in [2.24, 2.45) is 0 Å². The minimum Gasteiger partial charge on any atom is -0.444 e. The average Bonchev–Trinajstić information content (AvgIpc) is 3.00. The Hall–Kier alpha value is -4.03. The van der Waals surface area contributed by atoms with E-state index >= 15 is 0 Å². The van der Waals surface area contributed by atoms with Crippen LogP contribution in [0.25, 0.3) is 0 Å². The van der Waals surface area contributed by atoms with E-state index in [4.69, 9.17) is 4.74 Å². The molecule has 0 saturated heterocycles. The second-order valence-electron chi connectivity index (χ2n) is 13.0. The van der Waals surface area contributed by atoms with E-state index in [1.165, 1.54) is 35.5 Å². The Bertz CT molecular complexity index is 1370. The summed E-state index contributed by atoms with van der Waals surface area (Å²) in [5.74, 6) is -0.460. The summed E-state index contributed by atoms with van der Waals surface area (Å²) in [5, 5.41) is 6.35. The lowest BCUT2D eigenvalue weighted by Crippen LogP contribution is -2.47. The highest BCUT2D eigenvalue weighted by Crippen LogP contribution is 2.32. The van der Waals surface area contributed by atoms with Crippen LogP contribution < -0.4 is 10.6 Å². The Kier molecular flexibility index (Phi) is 11.4. The van der Waals surface area contributed by atoms with E-state index in [-0.39, 0.29) is 37.4 Å². The van der Waals surface area contributed by atoms with Gasteiger partial charge in [0.15, 0.2) is 0 Å². The highest BCUT2D eigenvalue weighted by atomic mass is 19.4. The maximum Gasteiger partial charge on any atom is 0.418 e. The van der Waals surface area contributed by atoms with Crippen LogP contribution in [0.5, 0.6) is 0 Å². The molecule has 46 heavy (non-hydrogen) atoms. The van der Waals surface area contributed by atoms with Gasteiger partial charge in [-0.3, -0.25) is 9.78 Å². The molecule has 10 nitrogen and oxygen atoms in total. The first-order valence-corrected chi connectivity index (χ1v) is 15.8. The van der Waals surface area contributed by atoms with E-state index in [1.807, 2.05) is 18.2 Å². The summed E-state index contributed by atoms with van der Waals surface area (Å²) < 4.78 is 46.6. The molecule has 0 bridgehead atoms. The normalized spacial score (nSPS) is 15.5. The fraction of sp³-hybridized carbons (Fsp3) is 0.576. The van der Waals surface area contributed by atoms with Crippen LogP contribution in [0.1, 0.15) is 75.3 Å². The van der Waals surface area contributed by atoms with Crippen molar-refractivity contribution in [3.05, 3.63) is 58.9 Å². The van der Waals surface area contributed by atoms with Crippen molar-refractivity contribution in [2.45, 2.75) is 90.2 Å². The topological polar surface area (TPSA) is 107 Å². The number of fused-ring (bicyclic) bond motifs is 1. The highest BCUT2D eigenvalue weighted by molar-refractivity contribution is 5.81. The number of aromatic nitrogens is 1. The number of urea groups is 1. The van der Waals surface area contributed by atoms with Crippen molar-refractivity contribution in [2.75, 3.05) is 38.5 Å². The van der Waals surface area contributed by atoms with Crippen LogP contribution in [-0.4, -0.2) is 82.6 Å². The molecule has 0 spiro atoms. The van der Waals surface area contributed by atoms with E-state index < -0.39 is 35.9 Å². The first kappa shape index (κ1) is 34.8. The number of anilines is 1. The van der Waals surface area contributed by atoms with Gasteiger partial charge >= 0.3 is 18.3 Å². The summed E-state index contributed by atoms with van der Waals surface area (Å²) in [5.41, 5.74) is 0.768. The first-order chi connectivity index (χ1) is 21.7. The lowest BCUT2D eigenvalue weighted by molar-refractivity contribution is -0.140. The minimum atomic E-state index is -4.64. The molecule has 1 aliphatic heterocycles. The molecule has 0 unspecified atom stereocenters. The quantitative estimate of drug-likeness (QED) is 0.356. The molecule has 4 amide bonds. The zero-order valence-corrected chi connectivity index (χ0v) is 27.1. The molecule has 4 rings (SSSR count). The average molecular weight is 647 g/mol. The third-order valence-corrected chi connectivity index (χ3v) is 8.22. The maximum atomic E-state index is 13.7. The van der Waals surface area contributed by atoms with Gasteiger partial charge in [-0.05, 0) is 69.4 Å². The second kappa shape index (κ2) is 15.0. The Morgan fingerprint density at radius 3 is 2.48 bits per heavy atom. The van der Waals surface area contributed by atoms with Crippen LogP contribution in [0.3, 0.4) is 0 Å². The van der Waals surface area contributed by atoms with Crippen molar-refractivity contribution in [1.82, 2.24) is 25.0 Å². The van der Waals surface area contributed by atoms with E-state index in [1.54, 1.807) is 25.7 Å². The number of amides is 4. The predicted octanol–water partition coefficient (Wildman–Crippen LogP) is 5.81. The maximum absolute atomic E-state index is 13.7. The fourth-order valence-corrected chi connectivity index (χ4v) is 5.74. The van der Waals surface area contributed by atoms with Gasteiger partial charge in [0.2, 0.25) is 5.91 Å². The molecule has 2 aliphatic rings. The number of likely N-dealkylation sites (N-methyl/N-ethyl adjacent to an activating group) is 1. The molecule has 0 atom stereocenters. The third kappa shape index (κ3) is 9.73. The lowest BCUT2D eigenvalue weighted by Gasteiger charge is -2.33. The number of nitrogens with zero attached hydrogens (tertiary/aromatic N) is 4. The summed E-state index contributed by atoms with van der Waals surface area (Å²) in [7, 11) is 1.51. The lowest BCUT2D eigenvalue weighted by atomic mass is 9.95. The van der Waals surface area contributed by atoms with Crippen molar-refractivity contribution >= 4 is 23.7 Å². The number of halogens is 3. The molecular weight excluding hydrogens is 601 g/mol. The standard InChI is InChI=1S/C33H45F3N6O4/c1-32(2,3)46-31(45)40(4)18-19-41(22-28-26(33(34,35)36)13-9-16-37-28)29(43)20-38-27-14-8-10-23-21-42(17-15-25(23)27)30(44)39-24-11-6-5-7-12-24/h8-10,13-14,16,24,38H,5-7,11-12,15,17-22H2,1-4H3,(H,39,44). The molecule has 1 aromatic carbocycles. The summed E-state index contributed by atoms with van der Waals surface area (Å²) >= 11 is 0. The largest absolute Gasteiger partial charge is 0.444 e. The Morgan fingerprint density at radius 1 is 1.04 bits per heavy atom. The zero-order valence-electron chi connectivity index (χ0n) is 27.1. The van der Waals surface area contributed by atoms with Crippen LogP contribution in [0.2, 0.25) is 0 Å². The summed E-state index contributed by atoms with van der Waals surface area (Å²) in [6.07, 6.45) is 2.08. The van der Waals surface area contributed by atoms with Crippen molar-refractivity contribution < 1.29 is 32.3 Å². The molecule has 2 heterocycles. The number of rotatable bonds is 9. The smallest absolute Gasteiger partial charge is 0.418 e. The number of nitrogens with one attached hydrogen (secondary N) is 2. The number of pyridine rings is 1. The third-order valence-electron chi connectivity index (χ3n) is 8.22. The molecule has 1 fully saturated rings.